The summed E-state index contributed by atoms with van der Waals surface area (Å²) in [6.45, 7) is 7.28. The largest absolute Gasteiger partial charge is 0.454 e. The maximum Gasteiger partial charge on any atom is 0.253 e. The van der Waals surface area contributed by atoms with Crippen LogP contribution in [0.3, 0.4) is 0 Å². The minimum absolute atomic E-state index is 0.00864. The Morgan fingerprint density at radius 2 is 1.76 bits per heavy atom. The standard InChI is InChI=1S/C31H32N4O3/c1-3-34(4-2)31(36)23-12-10-21(11-13-23)29-26-17-28-27(37-20-38-28)16-24(26)14-15-35(29)19-25-18-32-30(33-25)22-8-6-5-7-9-22/h5-13,16-18,29H,3-4,14-15,19-20H2,1-2H3,(H,32,33). The monoisotopic (exact) mass is 508 g/mol. The van der Waals surface area contributed by atoms with Gasteiger partial charge in [-0.25, -0.2) is 4.98 Å². The molecule has 194 valence electrons. The van der Waals surface area contributed by atoms with Crippen molar-refractivity contribution in [2.75, 3.05) is 26.4 Å². The molecule has 1 amide bonds. The number of benzene rings is 3. The van der Waals surface area contributed by atoms with E-state index in [0.29, 0.717) is 18.7 Å². The van der Waals surface area contributed by atoms with E-state index < -0.39 is 0 Å². The Balaban J connectivity index is 1.34. The fourth-order valence-electron chi connectivity index (χ4n) is 5.52. The molecule has 0 saturated heterocycles. The number of fused-ring (bicyclic) bond motifs is 2. The van der Waals surface area contributed by atoms with Gasteiger partial charge in [-0.3, -0.25) is 9.69 Å². The SMILES string of the molecule is CCN(CC)C(=O)c1ccc(C2c3cc4c(cc3CCN2Cc2cnc(-c3ccccc3)[nH]2)OCO4)cc1. The highest BCUT2D eigenvalue weighted by Gasteiger charge is 2.32. The molecule has 7 nitrogen and oxygen atoms in total. The number of nitrogens with zero attached hydrogens (tertiary/aromatic N) is 3. The topological polar surface area (TPSA) is 70.7 Å². The van der Waals surface area contributed by atoms with Crippen molar-refractivity contribution in [1.82, 2.24) is 19.8 Å². The van der Waals surface area contributed by atoms with Gasteiger partial charge in [0.15, 0.2) is 11.5 Å². The average molecular weight is 509 g/mol. The molecule has 0 aliphatic carbocycles. The third kappa shape index (κ3) is 4.54. The van der Waals surface area contributed by atoms with Gasteiger partial charge in [0, 0.05) is 49.2 Å². The summed E-state index contributed by atoms with van der Waals surface area (Å²) >= 11 is 0. The second-order valence-electron chi connectivity index (χ2n) is 9.75. The number of carbonyl (C=O) groups is 1. The molecule has 2 aliphatic rings. The van der Waals surface area contributed by atoms with Gasteiger partial charge in [0.2, 0.25) is 6.79 Å². The molecular formula is C31H32N4O3. The number of aromatic amines is 1. The van der Waals surface area contributed by atoms with Gasteiger partial charge in [0.25, 0.3) is 5.91 Å². The third-order valence-electron chi connectivity index (χ3n) is 7.54. The molecule has 1 unspecified atom stereocenters. The lowest BCUT2D eigenvalue weighted by Gasteiger charge is -2.37. The highest BCUT2D eigenvalue weighted by Crippen LogP contribution is 2.43. The number of aromatic nitrogens is 2. The Bertz CT molecular complexity index is 1430. The first-order chi connectivity index (χ1) is 18.6. The lowest BCUT2D eigenvalue weighted by Crippen LogP contribution is -2.36. The zero-order valence-corrected chi connectivity index (χ0v) is 21.8. The Hall–Kier alpha value is -4.10. The lowest BCUT2D eigenvalue weighted by molar-refractivity contribution is 0.0773. The van der Waals surface area contributed by atoms with Crippen molar-refractivity contribution in [2.24, 2.45) is 0 Å². The lowest BCUT2D eigenvalue weighted by atomic mass is 9.87. The summed E-state index contributed by atoms with van der Waals surface area (Å²) < 4.78 is 11.4. The Labute approximate surface area is 223 Å². The van der Waals surface area contributed by atoms with Crippen LogP contribution >= 0.6 is 0 Å². The van der Waals surface area contributed by atoms with Crippen LogP contribution in [0.1, 0.15) is 52.6 Å². The Morgan fingerprint density at radius 1 is 1.03 bits per heavy atom. The number of ether oxygens (including phenoxy) is 2. The summed E-state index contributed by atoms with van der Waals surface area (Å²) in [5.74, 6) is 2.54. The zero-order chi connectivity index (χ0) is 26.1. The van der Waals surface area contributed by atoms with Gasteiger partial charge in [-0.1, -0.05) is 42.5 Å². The molecule has 1 aromatic heterocycles. The van der Waals surface area contributed by atoms with Crippen molar-refractivity contribution >= 4 is 5.91 Å². The van der Waals surface area contributed by atoms with E-state index in [4.69, 9.17) is 9.47 Å². The second-order valence-corrected chi connectivity index (χ2v) is 9.75. The summed E-state index contributed by atoms with van der Waals surface area (Å²) in [7, 11) is 0. The van der Waals surface area contributed by atoms with Crippen LogP contribution in [0.2, 0.25) is 0 Å². The van der Waals surface area contributed by atoms with E-state index in [1.54, 1.807) is 0 Å². The third-order valence-corrected chi connectivity index (χ3v) is 7.54. The van der Waals surface area contributed by atoms with Gasteiger partial charge < -0.3 is 19.4 Å². The fraction of sp³-hybridized carbons (Fsp3) is 0.290. The second kappa shape index (κ2) is 10.3. The van der Waals surface area contributed by atoms with E-state index in [1.165, 1.54) is 11.1 Å². The molecule has 38 heavy (non-hydrogen) atoms. The number of amides is 1. The molecule has 1 atom stereocenters. The summed E-state index contributed by atoms with van der Waals surface area (Å²) in [5.41, 5.74) is 6.47. The fourth-order valence-corrected chi connectivity index (χ4v) is 5.52. The maximum atomic E-state index is 12.9. The Morgan fingerprint density at radius 3 is 2.50 bits per heavy atom. The van der Waals surface area contributed by atoms with Gasteiger partial charge in [-0.05, 0) is 61.2 Å². The highest BCUT2D eigenvalue weighted by atomic mass is 16.7. The first-order valence-electron chi connectivity index (χ1n) is 13.3. The predicted molar refractivity (Wildman–Crippen MR) is 146 cm³/mol. The summed E-state index contributed by atoms with van der Waals surface area (Å²) in [5, 5.41) is 0. The molecule has 0 radical (unpaired) electrons. The van der Waals surface area contributed by atoms with E-state index in [1.807, 2.05) is 55.3 Å². The first-order valence-corrected chi connectivity index (χ1v) is 13.3. The number of rotatable bonds is 7. The predicted octanol–water partition coefficient (Wildman–Crippen LogP) is 5.44. The number of imidazole rings is 1. The summed E-state index contributed by atoms with van der Waals surface area (Å²) in [6.07, 6.45) is 2.85. The van der Waals surface area contributed by atoms with Gasteiger partial charge in [-0.15, -0.1) is 0 Å². The minimum Gasteiger partial charge on any atom is -0.454 e. The van der Waals surface area contributed by atoms with Crippen molar-refractivity contribution in [3.05, 3.63) is 101 Å². The molecule has 3 aromatic carbocycles. The molecule has 2 aliphatic heterocycles. The smallest absolute Gasteiger partial charge is 0.253 e. The van der Waals surface area contributed by atoms with Crippen LogP contribution in [0.5, 0.6) is 11.5 Å². The van der Waals surface area contributed by atoms with Gasteiger partial charge in [0.1, 0.15) is 5.82 Å². The van der Waals surface area contributed by atoms with Crippen molar-refractivity contribution in [2.45, 2.75) is 32.9 Å². The van der Waals surface area contributed by atoms with Crippen molar-refractivity contribution in [3.8, 4) is 22.9 Å². The van der Waals surface area contributed by atoms with E-state index >= 15 is 0 Å². The van der Waals surface area contributed by atoms with Crippen LogP contribution in [-0.2, 0) is 13.0 Å². The number of carbonyl (C=O) groups excluding carboxylic acids is 1. The van der Waals surface area contributed by atoms with Crippen LogP contribution < -0.4 is 9.47 Å². The number of hydrogen-bond acceptors (Lipinski definition) is 5. The van der Waals surface area contributed by atoms with E-state index in [-0.39, 0.29) is 18.7 Å². The van der Waals surface area contributed by atoms with Gasteiger partial charge in [-0.2, -0.15) is 0 Å². The molecule has 0 bridgehead atoms. The molecule has 4 aromatic rings. The number of nitrogens with one attached hydrogen (secondary N) is 1. The van der Waals surface area contributed by atoms with Crippen molar-refractivity contribution in [1.29, 1.82) is 0 Å². The van der Waals surface area contributed by atoms with Crippen molar-refractivity contribution < 1.29 is 14.3 Å². The van der Waals surface area contributed by atoms with Crippen LogP contribution in [0.15, 0.2) is 72.9 Å². The quantitative estimate of drug-likeness (QED) is 0.360. The molecule has 0 saturated carbocycles. The van der Waals surface area contributed by atoms with Crippen molar-refractivity contribution in [3.63, 3.8) is 0 Å². The zero-order valence-electron chi connectivity index (χ0n) is 21.8. The minimum atomic E-state index is 0.00864. The molecule has 1 N–H and O–H groups in total. The number of hydrogen-bond donors (Lipinski definition) is 1. The molecule has 6 rings (SSSR count). The molecular weight excluding hydrogens is 476 g/mol. The average Bonchev–Trinajstić information content (AvgIpc) is 3.62. The summed E-state index contributed by atoms with van der Waals surface area (Å²) in [4.78, 5) is 25.4. The Kier molecular flexibility index (Phi) is 6.60. The van der Waals surface area contributed by atoms with E-state index in [0.717, 1.165) is 53.7 Å². The number of H-pyrrole nitrogens is 1. The van der Waals surface area contributed by atoms with E-state index in [9.17, 15) is 4.79 Å². The molecule has 0 fully saturated rings. The van der Waals surface area contributed by atoms with Crippen LogP contribution in [0.4, 0.5) is 0 Å². The van der Waals surface area contributed by atoms with Crippen LogP contribution in [0, 0.1) is 0 Å². The molecule has 7 heteroatoms. The van der Waals surface area contributed by atoms with E-state index in [2.05, 4.69) is 51.3 Å². The van der Waals surface area contributed by atoms with Crippen LogP contribution in [0.25, 0.3) is 11.4 Å². The van der Waals surface area contributed by atoms with Crippen LogP contribution in [-0.4, -0.2) is 52.1 Å². The van der Waals surface area contributed by atoms with Gasteiger partial charge in [0.05, 0.1) is 6.04 Å². The maximum absolute atomic E-state index is 12.9. The van der Waals surface area contributed by atoms with Gasteiger partial charge >= 0.3 is 0 Å². The first kappa shape index (κ1) is 24.2. The molecule has 3 heterocycles. The summed E-state index contributed by atoms with van der Waals surface area (Å²) in [6, 6.07) is 22.5. The normalized spacial score (nSPS) is 16.3. The highest BCUT2D eigenvalue weighted by molar-refractivity contribution is 5.94. The molecule has 0 spiro atoms.